The van der Waals surface area contributed by atoms with Crippen LogP contribution in [0.5, 0.6) is 0 Å². The number of amides is 1. The SMILES string of the molecule is C[n+]1c(/C=C/c2ccc(-c3ccccc3[N+](=O)[O-])o2)n(CCCCCC(=O)NCCN)c2cc(Cl)c(Cl)cc21. The summed E-state index contributed by atoms with van der Waals surface area (Å²) in [5.41, 5.74) is 7.70. The molecule has 2 aromatic heterocycles. The number of para-hydroxylation sites is 1. The number of hydrogen-bond donors (Lipinski definition) is 2. The Morgan fingerprint density at radius 1 is 1.13 bits per heavy atom. The average Bonchev–Trinajstić information content (AvgIpc) is 3.49. The largest absolute Gasteiger partial charge is 0.456 e. The molecule has 0 spiro atoms. The first-order valence-corrected chi connectivity index (χ1v) is 13.4. The van der Waals surface area contributed by atoms with Crippen LogP contribution in [0.3, 0.4) is 0 Å². The summed E-state index contributed by atoms with van der Waals surface area (Å²) in [5, 5.41) is 15.2. The zero-order valence-electron chi connectivity index (χ0n) is 21.5. The first-order valence-electron chi connectivity index (χ1n) is 12.7. The van der Waals surface area contributed by atoms with E-state index in [2.05, 4.69) is 9.88 Å². The van der Waals surface area contributed by atoms with Gasteiger partial charge in [0, 0.05) is 43.8 Å². The Labute approximate surface area is 236 Å². The van der Waals surface area contributed by atoms with Crippen LogP contribution < -0.4 is 15.6 Å². The molecule has 0 aliphatic rings. The molecule has 4 aromatic rings. The maximum atomic E-state index is 11.8. The van der Waals surface area contributed by atoms with Gasteiger partial charge in [0.15, 0.2) is 11.0 Å². The molecule has 0 bridgehead atoms. The lowest BCUT2D eigenvalue weighted by molar-refractivity contribution is -0.647. The van der Waals surface area contributed by atoms with E-state index in [-0.39, 0.29) is 11.6 Å². The minimum absolute atomic E-state index is 0.0143. The van der Waals surface area contributed by atoms with E-state index in [0.717, 1.165) is 36.1 Å². The van der Waals surface area contributed by atoms with E-state index < -0.39 is 4.92 Å². The molecule has 0 aliphatic carbocycles. The van der Waals surface area contributed by atoms with Gasteiger partial charge in [-0.3, -0.25) is 14.9 Å². The smallest absolute Gasteiger partial charge is 0.282 e. The zero-order valence-corrected chi connectivity index (χ0v) is 23.0. The van der Waals surface area contributed by atoms with Crippen LogP contribution in [0.4, 0.5) is 5.69 Å². The van der Waals surface area contributed by atoms with Crippen molar-refractivity contribution in [1.82, 2.24) is 9.88 Å². The monoisotopic (exact) mass is 570 g/mol. The number of carbonyl (C=O) groups excluding carboxylic acids is 1. The molecule has 3 N–H and O–H groups in total. The zero-order chi connectivity index (χ0) is 27.9. The average molecular weight is 571 g/mol. The number of fused-ring (bicyclic) bond motifs is 1. The number of furan rings is 1. The first kappa shape index (κ1) is 28.4. The van der Waals surface area contributed by atoms with Gasteiger partial charge in [-0.1, -0.05) is 35.3 Å². The number of unbranched alkanes of at least 4 members (excludes halogenated alkanes) is 2. The molecule has 0 saturated heterocycles. The Hall–Kier alpha value is -3.66. The van der Waals surface area contributed by atoms with Crippen molar-refractivity contribution < 1.29 is 18.7 Å². The maximum absolute atomic E-state index is 11.8. The van der Waals surface area contributed by atoms with Gasteiger partial charge >= 0.3 is 0 Å². The minimum atomic E-state index is -0.422. The van der Waals surface area contributed by atoms with Crippen LogP contribution >= 0.6 is 23.2 Å². The van der Waals surface area contributed by atoms with Crippen LogP contribution in [0.15, 0.2) is 52.9 Å². The summed E-state index contributed by atoms with van der Waals surface area (Å²) in [6.45, 7) is 1.62. The standard InChI is InChI=1S/C28H29Cl2N5O4/c1-33-24-17-21(29)22(30)18-25(24)34(16-6-2-3-9-27(36)32-15-14-31)28(33)13-11-19-10-12-26(39-19)20-7-4-5-8-23(20)35(37)38/h4-5,7-8,10-13,17-18H,2-3,6,9,14-16,31H2,1H3/p+1/b13-11+. The fourth-order valence-electron chi connectivity index (χ4n) is 4.49. The molecule has 0 saturated carbocycles. The lowest BCUT2D eigenvalue weighted by atomic mass is 10.1. The van der Waals surface area contributed by atoms with Crippen molar-refractivity contribution in [3.8, 4) is 11.3 Å². The molecule has 0 atom stereocenters. The molecule has 0 aliphatic heterocycles. The Morgan fingerprint density at radius 2 is 1.90 bits per heavy atom. The summed E-state index contributed by atoms with van der Waals surface area (Å²) >= 11 is 12.7. The van der Waals surface area contributed by atoms with Gasteiger partial charge in [-0.15, -0.1) is 0 Å². The van der Waals surface area contributed by atoms with Gasteiger partial charge in [0.1, 0.15) is 11.5 Å². The van der Waals surface area contributed by atoms with Gasteiger partial charge < -0.3 is 15.5 Å². The summed E-state index contributed by atoms with van der Waals surface area (Å²) in [6.07, 6.45) is 6.74. The molecular formula is C28H30Cl2N5O4+. The highest BCUT2D eigenvalue weighted by molar-refractivity contribution is 6.42. The van der Waals surface area contributed by atoms with E-state index in [0.29, 0.717) is 53.2 Å². The minimum Gasteiger partial charge on any atom is -0.456 e. The van der Waals surface area contributed by atoms with Crippen LogP contribution in [0.2, 0.25) is 10.0 Å². The third-order valence-corrected chi connectivity index (χ3v) is 7.15. The molecule has 0 radical (unpaired) electrons. The van der Waals surface area contributed by atoms with Crippen LogP contribution in [0, 0.1) is 10.1 Å². The number of halogens is 2. The van der Waals surface area contributed by atoms with Crippen molar-refractivity contribution in [3.63, 3.8) is 0 Å². The molecule has 0 unspecified atom stereocenters. The topological polar surface area (TPSA) is 120 Å². The number of benzene rings is 2. The number of nitrogens with zero attached hydrogens (tertiary/aromatic N) is 3. The van der Waals surface area contributed by atoms with Crippen molar-refractivity contribution in [2.45, 2.75) is 32.2 Å². The molecule has 11 heteroatoms. The fraction of sp³-hybridized carbons (Fsp3) is 0.286. The molecule has 2 aromatic carbocycles. The van der Waals surface area contributed by atoms with Crippen LogP contribution in [-0.4, -0.2) is 28.5 Å². The highest BCUT2D eigenvalue weighted by Crippen LogP contribution is 2.32. The number of nitrogens with one attached hydrogen (secondary N) is 1. The number of hydrogen-bond acceptors (Lipinski definition) is 5. The lowest BCUT2D eigenvalue weighted by Gasteiger charge is -2.04. The number of aromatic nitrogens is 2. The summed E-state index contributed by atoms with van der Waals surface area (Å²) in [7, 11) is 1.95. The number of aryl methyl sites for hydroxylation is 2. The Kier molecular flexibility index (Phi) is 9.40. The highest BCUT2D eigenvalue weighted by Gasteiger charge is 2.23. The molecule has 1 amide bonds. The van der Waals surface area contributed by atoms with Crippen LogP contribution in [0.25, 0.3) is 34.5 Å². The molecule has 39 heavy (non-hydrogen) atoms. The van der Waals surface area contributed by atoms with Gasteiger partial charge in [-0.2, -0.15) is 0 Å². The number of nitro benzene ring substituents is 1. The van der Waals surface area contributed by atoms with E-state index in [1.807, 2.05) is 35.9 Å². The van der Waals surface area contributed by atoms with Crippen molar-refractivity contribution in [1.29, 1.82) is 0 Å². The van der Waals surface area contributed by atoms with Gasteiger partial charge in [0.05, 0.1) is 34.1 Å². The summed E-state index contributed by atoms with van der Waals surface area (Å²) < 4.78 is 10.1. The van der Waals surface area contributed by atoms with Gasteiger partial charge in [0.25, 0.3) is 11.5 Å². The first-order chi connectivity index (χ1) is 18.8. The normalized spacial score (nSPS) is 11.5. The van der Waals surface area contributed by atoms with Gasteiger partial charge in [0.2, 0.25) is 5.91 Å². The van der Waals surface area contributed by atoms with Crippen molar-refractivity contribution in [2.75, 3.05) is 13.1 Å². The molecule has 204 valence electrons. The van der Waals surface area contributed by atoms with Crippen LogP contribution in [-0.2, 0) is 18.4 Å². The predicted molar refractivity (Wildman–Crippen MR) is 153 cm³/mol. The van der Waals surface area contributed by atoms with Gasteiger partial charge in [-0.25, -0.2) is 9.13 Å². The fourth-order valence-corrected chi connectivity index (χ4v) is 4.81. The lowest BCUT2D eigenvalue weighted by Crippen LogP contribution is -2.31. The second-order valence-electron chi connectivity index (χ2n) is 9.08. The summed E-state index contributed by atoms with van der Waals surface area (Å²) in [5.74, 6) is 1.88. The molecule has 2 heterocycles. The number of rotatable bonds is 12. The van der Waals surface area contributed by atoms with Gasteiger partial charge in [-0.05, 0) is 43.5 Å². The van der Waals surface area contributed by atoms with Crippen molar-refractivity contribution in [3.05, 3.63) is 80.3 Å². The third-order valence-electron chi connectivity index (χ3n) is 6.43. The second kappa shape index (κ2) is 12.9. The Morgan fingerprint density at radius 3 is 2.67 bits per heavy atom. The quantitative estimate of drug-likeness (QED) is 0.0972. The summed E-state index contributed by atoms with van der Waals surface area (Å²) in [6, 6.07) is 13.7. The van der Waals surface area contributed by atoms with E-state index in [1.54, 1.807) is 30.3 Å². The summed E-state index contributed by atoms with van der Waals surface area (Å²) in [4.78, 5) is 22.8. The Balaban J connectivity index is 1.57. The van der Waals surface area contributed by atoms with E-state index in [4.69, 9.17) is 33.4 Å². The molecule has 9 nitrogen and oxygen atoms in total. The molecular weight excluding hydrogens is 541 g/mol. The number of nitrogens with two attached hydrogens (primary N) is 1. The number of nitro groups is 1. The highest BCUT2D eigenvalue weighted by atomic mass is 35.5. The van der Waals surface area contributed by atoms with Crippen molar-refractivity contribution in [2.24, 2.45) is 12.8 Å². The maximum Gasteiger partial charge on any atom is 0.282 e. The molecule has 4 rings (SSSR count). The van der Waals surface area contributed by atoms with E-state index in [9.17, 15) is 14.9 Å². The Bertz CT molecular complexity index is 1530. The third kappa shape index (κ3) is 6.68. The number of carbonyl (C=O) groups is 1. The van der Waals surface area contributed by atoms with E-state index in [1.165, 1.54) is 6.07 Å². The predicted octanol–water partition coefficient (Wildman–Crippen LogP) is 5.75. The van der Waals surface area contributed by atoms with Crippen molar-refractivity contribution >= 4 is 58.0 Å². The second-order valence-corrected chi connectivity index (χ2v) is 9.90. The number of imidazole rings is 1. The molecule has 0 fully saturated rings. The van der Waals surface area contributed by atoms with E-state index >= 15 is 0 Å². The van der Waals surface area contributed by atoms with Crippen LogP contribution in [0.1, 0.15) is 37.3 Å².